The maximum Gasteiger partial charge on any atom is 0.304 e. The molecule has 1 aliphatic rings. The molecule has 1 N–H and O–H groups in total. The van der Waals surface area contributed by atoms with E-state index < -0.39 is 5.97 Å². The number of nitrogens with zero attached hydrogens (tertiary/aromatic N) is 3. The zero-order valence-corrected chi connectivity index (χ0v) is 11.8. The quantitative estimate of drug-likeness (QED) is 0.885. The summed E-state index contributed by atoms with van der Waals surface area (Å²) in [5, 5.41) is 17.5. The predicted octanol–water partition coefficient (Wildman–Crippen LogP) is 1.29. The molecule has 0 aromatic heterocycles. The average molecular weight is 291 g/mol. The van der Waals surface area contributed by atoms with Gasteiger partial charge in [-0.25, -0.2) is 4.39 Å². The third-order valence-electron chi connectivity index (χ3n) is 3.68. The van der Waals surface area contributed by atoms with Crippen molar-refractivity contribution in [2.45, 2.75) is 13.0 Å². The first-order valence-corrected chi connectivity index (χ1v) is 6.93. The van der Waals surface area contributed by atoms with Crippen molar-refractivity contribution in [3.63, 3.8) is 0 Å². The van der Waals surface area contributed by atoms with E-state index in [-0.39, 0.29) is 12.2 Å². The van der Waals surface area contributed by atoms with Gasteiger partial charge in [0, 0.05) is 44.8 Å². The van der Waals surface area contributed by atoms with Gasteiger partial charge in [-0.1, -0.05) is 0 Å². The summed E-state index contributed by atoms with van der Waals surface area (Å²) >= 11 is 0. The van der Waals surface area contributed by atoms with E-state index in [4.69, 9.17) is 10.4 Å². The maximum atomic E-state index is 13.7. The highest BCUT2D eigenvalue weighted by molar-refractivity contribution is 5.66. The van der Waals surface area contributed by atoms with Crippen LogP contribution in [0.3, 0.4) is 0 Å². The van der Waals surface area contributed by atoms with Crippen molar-refractivity contribution in [2.75, 3.05) is 32.7 Å². The van der Waals surface area contributed by atoms with Crippen molar-refractivity contribution in [3.05, 3.63) is 35.1 Å². The molecule has 21 heavy (non-hydrogen) atoms. The summed E-state index contributed by atoms with van der Waals surface area (Å²) in [6.07, 6.45) is 0.152. The first kappa shape index (κ1) is 15.4. The molecule has 5 nitrogen and oxygen atoms in total. The van der Waals surface area contributed by atoms with E-state index in [1.54, 1.807) is 6.07 Å². The Labute approximate surface area is 123 Å². The molecule has 6 heteroatoms. The fraction of sp³-hybridized carbons (Fsp3) is 0.467. The Morgan fingerprint density at radius 2 is 1.95 bits per heavy atom. The van der Waals surface area contributed by atoms with Crippen molar-refractivity contribution in [1.29, 1.82) is 5.26 Å². The van der Waals surface area contributed by atoms with Gasteiger partial charge in [-0.2, -0.15) is 5.26 Å². The zero-order valence-electron chi connectivity index (χ0n) is 11.8. The van der Waals surface area contributed by atoms with Crippen LogP contribution >= 0.6 is 0 Å². The van der Waals surface area contributed by atoms with Crippen molar-refractivity contribution >= 4 is 5.97 Å². The van der Waals surface area contributed by atoms with Crippen molar-refractivity contribution in [2.24, 2.45) is 0 Å². The van der Waals surface area contributed by atoms with Gasteiger partial charge in [0.1, 0.15) is 5.82 Å². The van der Waals surface area contributed by atoms with Gasteiger partial charge in [-0.15, -0.1) is 0 Å². The number of carboxylic acids is 1. The molecular formula is C15H18FN3O2. The molecule has 1 heterocycles. The number of nitriles is 1. The largest absolute Gasteiger partial charge is 0.481 e. The van der Waals surface area contributed by atoms with Crippen LogP contribution in [0, 0.1) is 17.1 Å². The van der Waals surface area contributed by atoms with Gasteiger partial charge in [0.15, 0.2) is 0 Å². The first-order valence-electron chi connectivity index (χ1n) is 6.93. The fourth-order valence-electron chi connectivity index (χ4n) is 2.43. The Balaban J connectivity index is 1.86. The molecule has 0 saturated carbocycles. The second-order valence-corrected chi connectivity index (χ2v) is 5.18. The highest BCUT2D eigenvalue weighted by Crippen LogP contribution is 2.14. The van der Waals surface area contributed by atoms with Crippen LogP contribution in [0.25, 0.3) is 0 Å². The molecule has 112 valence electrons. The van der Waals surface area contributed by atoms with Gasteiger partial charge in [0.2, 0.25) is 0 Å². The molecule has 1 fully saturated rings. The number of hydrogen-bond acceptors (Lipinski definition) is 4. The van der Waals surface area contributed by atoms with Crippen molar-refractivity contribution in [3.8, 4) is 6.07 Å². The SMILES string of the molecule is N#Cc1ccc(F)c(CN2CCN(CCC(=O)O)CC2)c1. The van der Waals surface area contributed by atoms with Crippen LogP contribution in [0.2, 0.25) is 0 Å². The normalized spacial score (nSPS) is 16.6. The average Bonchev–Trinajstić information content (AvgIpc) is 2.48. The molecule has 0 bridgehead atoms. The Bertz CT molecular complexity index is 548. The molecule has 0 aliphatic carbocycles. The maximum absolute atomic E-state index is 13.7. The Hall–Kier alpha value is -1.97. The molecule has 0 atom stereocenters. The molecule has 1 aliphatic heterocycles. The van der Waals surface area contributed by atoms with Crippen molar-refractivity contribution in [1.82, 2.24) is 9.80 Å². The topological polar surface area (TPSA) is 67.6 Å². The minimum atomic E-state index is -0.784. The van der Waals surface area contributed by atoms with E-state index in [1.165, 1.54) is 12.1 Å². The number of carboxylic acid groups (broad SMARTS) is 1. The summed E-state index contributed by atoms with van der Waals surface area (Å²) in [5.74, 6) is -1.07. The lowest BCUT2D eigenvalue weighted by Gasteiger charge is -2.34. The smallest absolute Gasteiger partial charge is 0.304 e. The van der Waals surface area contributed by atoms with Crippen LogP contribution in [0.15, 0.2) is 18.2 Å². The number of rotatable bonds is 5. The second kappa shape index (κ2) is 7.16. The fourth-order valence-corrected chi connectivity index (χ4v) is 2.43. The summed E-state index contributed by atoms with van der Waals surface area (Å²) in [7, 11) is 0. The molecule has 0 radical (unpaired) electrons. The Kier molecular flexibility index (Phi) is 5.26. The van der Waals surface area contributed by atoms with Crippen LogP contribution in [0.5, 0.6) is 0 Å². The lowest BCUT2D eigenvalue weighted by Crippen LogP contribution is -2.46. The predicted molar refractivity (Wildman–Crippen MR) is 75.1 cm³/mol. The molecular weight excluding hydrogens is 273 g/mol. The summed E-state index contributed by atoms with van der Waals surface area (Å²) in [6, 6.07) is 6.41. The summed E-state index contributed by atoms with van der Waals surface area (Å²) < 4.78 is 13.7. The highest BCUT2D eigenvalue weighted by Gasteiger charge is 2.18. The summed E-state index contributed by atoms with van der Waals surface area (Å²) in [6.45, 7) is 4.15. The number of halogens is 1. The van der Waals surface area contributed by atoms with E-state index >= 15 is 0 Å². The monoisotopic (exact) mass is 291 g/mol. The number of hydrogen-bond donors (Lipinski definition) is 1. The molecule has 0 unspecified atom stereocenters. The zero-order chi connectivity index (χ0) is 15.2. The third kappa shape index (κ3) is 4.52. The van der Waals surface area contributed by atoms with Gasteiger partial charge < -0.3 is 10.0 Å². The second-order valence-electron chi connectivity index (χ2n) is 5.18. The van der Waals surface area contributed by atoms with Gasteiger partial charge in [0.05, 0.1) is 18.1 Å². The minimum absolute atomic E-state index is 0.152. The molecule has 0 spiro atoms. The van der Waals surface area contributed by atoms with Crippen LogP contribution in [0.1, 0.15) is 17.5 Å². The number of carbonyl (C=O) groups is 1. The lowest BCUT2D eigenvalue weighted by atomic mass is 10.1. The van der Waals surface area contributed by atoms with Crippen molar-refractivity contribution < 1.29 is 14.3 Å². The van der Waals surface area contributed by atoms with Crippen LogP contribution in [-0.4, -0.2) is 53.6 Å². The van der Waals surface area contributed by atoms with Gasteiger partial charge in [0.25, 0.3) is 0 Å². The molecule has 1 saturated heterocycles. The van der Waals surface area contributed by atoms with E-state index in [2.05, 4.69) is 9.80 Å². The van der Waals surface area contributed by atoms with Crippen LogP contribution in [0.4, 0.5) is 4.39 Å². The third-order valence-corrected chi connectivity index (χ3v) is 3.68. The first-order chi connectivity index (χ1) is 10.1. The van der Waals surface area contributed by atoms with Crippen LogP contribution in [-0.2, 0) is 11.3 Å². The van der Waals surface area contributed by atoms with E-state index in [0.29, 0.717) is 24.2 Å². The molecule has 0 amide bonds. The van der Waals surface area contributed by atoms with Gasteiger partial charge in [-0.3, -0.25) is 9.69 Å². The molecule has 2 rings (SSSR count). The standard InChI is InChI=1S/C15H18FN3O2/c16-14-2-1-12(10-17)9-13(14)11-19-7-5-18(6-8-19)4-3-15(20)21/h1-2,9H,3-8,11H2,(H,20,21). The summed E-state index contributed by atoms with van der Waals surface area (Å²) in [4.78, 5) is 14.8. The van der Waals surface area contributed by atoms with E-state index in [0.717, 1.165) is 26.2 Å². The Morgan fingerprint density at radius 3 is 2.57 bits per heavy atom. The molecule has 1 aromatic carbocycles. The molecule has 1 aromatic rings. The van der Waals surface area contributed by atoms with E-state index in [1.807, 2.05) is 6.07 Å². The van der Waals surface area contributed by atoms with Gasteiger partial charge in [-0.05, 0) is 18.2 Å². The lowest BCUT2D eigenvalue weighted by molar-refractivity contribution is -0.137. The highest BCUT2D eigenvalue weighted by atomic mass is 19.1. The number of aliphatic carboxylic acids is 1. The Morgan fingerprint density at radius 1 is 1.29 bits per heavy atom. The minimum Gasteiger partial charge on any atom is -0.481 e. The summed E-state index contributed by atoms with van der Waals surface area (Å²) in [5.41, 5.74) is 1.000. The van der Waals surface area contributed by atoms with Crippen LogP contribution < -0.4 is 0 Å². The number of benzene rings is 1. The van der Waals surface area contributed by atoms with Gasteiger partial charge >= 0.3 is 5.97 Å². The number of piperazine rings is 1. The van der Waals surface area contributed by atoms with E-state index in [9.17, 15) is 9.18 Å².